The van der Waals surface area contributed by atoms with E-state index >= 15 is 0 Å². The summed E-state index contributed by atoms with van der Waals surface area (Å²) in [6.45, 7) is 3.16. The second kappa shape index (κ2) is 5.63. The van der Waals surface area contributed by atoms with Crippen LogP contribution in [0.3, 0.4) is 0 Å². The van der Waals surface area contributed by atoms with Gasteiger partial charge < -0.3 is 5.32 Å². The van der Waals surface area contributed by atoms with Crippen LogP contribution in [-0.2, 0) is 0 Å². The van der Waals surface area contributed by atoms with Crippen LogP contribution >= 0.6 is 11.8 Å². The largest absolute Gasteiger partial charge is 0.319 e. The number of nitrogens with one attached hydrogen (secondary N) is 1. The summed E-state index contributed by atoms with van der Waals surface area (Å²) < 4.78 is 2.02. The molecule has 1 unspecified atom stereocenters. The second-order valence-electron chi connectivity index (χ2n) is 4.33. The molecular weight excluding hydrogens is 222 g/mol. The molecule has 1 N–H and O–H groups in total. The summed E-state index contributed by atoms with van der Waals surface area (Å²) in [5, 5.41) is 16.7. The fourth-order valence-electron chi connectivity index (χ4n) is 2.15. The molecule has 1 fully saturated rings. The normalized spacial score (nSPS) is 19.1. The summed E-state index contributed by atoms with van der Waals surface area (Å²) in [6, 6.07) is 0.527. The van der Waals surface area contributed by atoms with Crippen molar-refractivity contribution in [2.45, 2.75) is 49.1 Å². The van der Waals surface area contributed by atoms with E-state index in [-0.39, 0.29) is 0 Å². The van der Waals surface area contributed by atoms with Crippen LogP contribution in [0.15, 0.2) is 5.16 Å². The molecule has 1 atom stereocenters. The monoisotopic (exact) mass is 241 g/mol. The van der Waals surface area contributed by atoms with E-state index in [1.807, 2.05) is 11.7 Å². The van der Waals surface area contributed by atoms with Crippen molar-refractivity contribution in [3.05, 3.63) is 0 Å². The molecule has 1 aromatic heterocycles. The third kappa shape index (κ3) is 2.74. The zero-order valence-corrected chi connectivity index (χ0v) is 10.7. The quantitative estimate of drug-likeness (QED) is 0.792. The summed E-state index contributed by atoms with van der Waals surface area (Å²) in [5.41, 5.74) is 0. The molecule has 2 rings (SSSR count). The molecule has 6 heteroatoms. The van der Waals surface area contributed by atoms with Gasteiger partial charge in [-0.1, -0.05) is 31.5 Å². The Balaban J connectivity index is 2.00. The molecule has 5 nitrogen and oxygen atoms in total. The van der Waals surface area contributed by atoms with Crippen molar-refractivity contribution in [2.75, 3.05) is 13.6 Å². The van der Waals surface area contributed by atoms with Crippen molar-refractivity contribution in [1.82, 2.24) is 25.5 Å². The van der Waals surface area contributed by atoms with Crippen LogP contribution < -0.4 is 5.32 Å². The molecule has 1 aromatic rings. The maximum Gasteiger partial charge on any atom is 0.209 e. The van der Waals surface area contributed by atoms with Gasteiger partial charge in [0.25, 0.3) is 0 Å². The average molecular weight is 241 g/mol. The molecule has 16 heavy (non-hydrogen) atoms. The van der Waals surface area contributed by atoms with E-state index in [4.69, 9.17) is 0 Å². The maximum absolute atomic E-state index is 4.13. The molecule has 1 aliphatic rings. The first kappa shape index (κ1) is 11.9. The van der Waals surface area contributed by atoms with Crippen LogP contribution in [0.5, 0.6) is 0 Å². The highest BCUT2D eigenvalue weighted by Crippen LogP contribution is 2.32. The van der Waals surface area contributed by atoms with Crippen LogP contribution in [0, 0.1) is 0 Å². The number of aromatic nitrogens is 4. The van der Waals surface area contributed by atoms with E-state index in [2.05, 4.69) is 27.8 Å². The number of hydrogen-bond donors (Lipinski definition) is 1. The fourth-order valence-corrected chi connectivity index (χ4v) is 3.14. The zero-order valence-electron chi connectivity index (χ0n) is 9.89. The third-order valence-corrected chi connectivity index (χ3v) is 3.98. The Kier molecular flexibility index (Phi) is 4.17. The summed E-state index contributed by atoms with van der Waals surface area (Å²) in [6.07, 6.45) is 5.05. The number of rotatable bonds is 5. The van der Waals surface area contributed by atoms with Crippen LogP contribution in [0.25, 0.3) is 0 Å². The molecular formula is C10H19N5S. The topological polar surface area (TPSA) is 55.6 Å². The van der Waals surface area contributed by atoms with Gasteiger partial charge in [-0.15, -0.1) is 5.10 Å². The molecule has 0 aliphatic heterocycles. The van der Waals surface area contributed by atoms with Gasteiger partial charge in [0.15, 0.2) is 0 Å². The molecule has 0 saturated heterocycles. The smallest absolute Gasteiger partial charge is 0.209 e. The predicted molar refractivity (Wildman–Crippen MR) is 64.6 cm³/mol. The van der Waals surface area contributed by atoms with Gasteiger partial charge in [-0.2, -0.15) is 0 Å². The summed E-state index contributed by atoms with van der Waals surface area (Å²) in [5.74, 6) is 0. The number of nitrogens with zero attached hydrogens (tertiary/aromatic N) is 4. The maximum atomic E-state index is 4.13. The van der Waals surface area contributed by atoms with E-state index in [0.717, 1.165) is 11.7 Å². The lowest BCUT2D eigenvalue weighted by atomic mass is 10.3. The Bertz CT molecular complexity index is 321. The Morgan fingerprint density at radius 1 is 1.50 bits per heavy atom. The molecule has 0 radical (unpaired) electrons. The SMILES string of the molecule is CNCC(C)Sc1nnnn1C1CCCC1. The van der Waals surface area contributed by atoms with E-state index in [1.165, 1.54) is 25.7 Å². The lowest BCUT2D eigenvalue weighted by Gasteiger charge is -2.13. The van der Waals surface area contributed by atoms with Crippen LogP contribution in [0.4, 0.5) is 0 Å². The summed E-state index contributed by atoms with van der Waals surface area (Å²) in [4.78, 5) is 0. The van der Waals surface area contributed by atoms with Crippen LogP contribution in [0.1, 0.15) is 38.6 Å². The van der Waals surface area contributed by atoms with Gasteiger partial charge in [-0.05, 0) is 30.3 Å². The minimum Gasteiger partial charge on any atom is -0.319 e. The van der Waals surface area contributed by atoms with Gasteiger partial charge in [0.1, 0.15) is 0 Å². The molecule has 0 spiro atoms. The van der Waals surface area contributed by atoms with Crippen molar-refractivity contribution in [1.29, 1.82) is 0 Å². The number of tetrazole rings is 1. The second-order valence-corrected chi connectivity index (χ2v) is 5.74. The molecule has 0 aromatic carbocycles. The predicted octanol–water partition coefficient (Wildman–Crippen LogP) is 1.49. The Hall–Kier alpha value is -0.620. The van der Waals surface area contributed by atoms with Gasteiger partial charge in [-0.3, -0.25) is 0 Å². The van der Waals surface area contributed by atoms with Gasteiger partial charge in [0.05, 0.1) is 6.04 Å². The molecule has 90 valence electrons. The van der Waals surface area contributed by atoms with Gasteiger partial charge >= 0.3 is 0 Å². The Morgan fingerprint density at radius 3 is 2.94 bits per heavy atom. The molecule has 0 bridgehead atoms. The van der Waals surface area contributed by atoms with Crippen LogP contribution in [0.2, 0.25) is 0 Å². The average Bonchev–Trinajstić information content (AvgIpc) is 2.86. The minimum atomic E-state index is 0.496. The van der Waals surface area contributed by atoms with Crippen molar-refractivity contribution in [3.63, 3.8) is 0 Å². The minimum absolute atomic E-state index is 0.496. The molecule has 1 aliphatic carbocycles. The highest BCUT2D eigenvalue weighted by Gasteiger charge is 2.22. The van der Waals surface area contributed by atoms with Crippen molar-refractivity contribution in [3.8, 4) is 0 Å². The van der Waals surface area contributed by atoms with E-state index < -0.39 is 0 Å². The van der Waals surface area contributed by atoms with Gasteiger partial charge in [0.2, 0.25) is 5.16 Å². The zero-order chi connectivity index (χ0) is 11.4. The first-order valence-electron chi connectivity index (χ1n) is 5.90. The standard InChI is InChI=1S/C10H19N5S/c1-8(7-11-2)16-10-12-13-14-15(10)9-5-3-4-6-9/h8-9,11H,3-7H2,1-2H3. The van der Waals surface area contributed by atoms with E-state index in [9.17, 15) is 0 Å². The highest BCUT2D eigenvalue weighted by atomic mass is 32.2. The van der Waals surface area contributed by atoms with Crippen molar-refractivity contribution < 1.29 is 0 Å². The molecule has 0 amide bonds. The van der Waals surface area contributed by atoms with Gasteiger partial charge in [-0.25, -0.2) is 4.68 Å². The first-order valence-corrected chi connectivity index (χ1v) is 6.78. The molecule has 1 saturated carbocycles. The summed E-state index contributed by atoms with van der Waals surface area (Å²) in [7, 11) is 1.97. The Morgan fingerprint density at radius 2 is 2.25 bits per heavy atom. The Labute approximate surface area is 100 Å². The number of hydrogen-bond acceptors (Lipinski definition) is 5. The summed E-state index contributed by atoms with van der Waals surface area (Å²) >= 11 is 1.75. The molecule has 1 heterocycles. The van der Waals surface area contributed by atoms with Gasteiger partial charge in [0, 0.05) is 11.8 Å². The highest BCUT2D eigenvalue weighted by molar-refractivity contribution is 7.99. The van der Waals surface area contributed by atoms with E-state index in [0.29, 0.717) is 11.3 Å². The third-order valence-electron chi connectivity index (χ3n) is 2.93. The first-order chi connectivity index (χ1) is 7.81. The fraction of sp³-hybridized carbons (Fsp3) is 0.900. The van der Waals surface area contributed by atoms with E-state index in [1.54, 1.807) is 11.8 Å². The van der Waals surface area contributed by atoms with Crippen molar-refractivity contribution in [2.24, 2.45) is 0 Å². The lowest BCUT2D eigenvalue weighted by Crippen LogP contribution is -2.19. The van der Waals surface area contributed by atoms with Crippen molar-refractivity contribution >= 4 is 11.8 Å². The van der Waals surface area contributed by atoms with Crippen LogP contribution in [-0.4, -0.2) is 39.0 Å². The lowest BCUT2D eigenvalue weighted by molar-refractivity contribution is 0.422. The number of thioether (sulfide) groups is 1.